The predicted octanol–water partition coefficient (Wildman–Crippen LogP) is 2.61. The number of ether oxygens (including phenoxy) is 1. The average molecular weight is 359 g/mol. The summed E-state index contributed by atoms with van der Waals surface area (Å²) in [5.74, 6) is 0.418. The number of thioether (sulfide) groups is 1. The summed E-state index contributed by atoms with van der Waals surface area (Å²) < 4.78 is 5.05. The normalized spacial score (nSPS) is 14.3. The number of nitrogens with zero attached hydrogens (tertiary/aromatic N) is 2. The number of carbonyl (C=O) groups is 1. The molecule has 2 unspecified atom stereocenters. The first-order chi connectivity index (χ1) is 10.9. The molecule has 0 aliphatic heterocycles. The Labute approximate surface area is 146 Å². The van der Waals surface area contributed by atoms with Gasteiger partial charge in [-0.15, -0.1) is 11.3 Å². The smallest absolute Gasteiger partial charge is 0.350 e. The van der Waals surface area contributed by atoms with Gasteiger partial charge in [0.05, 0.1) is 18.3 Å². The third kappa shape index (κ3) is 6.02. The van der Waals surface area contributed by atoms with Crippen molar-refractivity contribution in [2.24, 2.45) is 4.99 Å². The second kappa shape index (κ2) is 9.77. The Bertz CT molecular complexity index is 546. The maximum Gasteiger partial charge on any atom is 0.350 e. The highest BCUT2D eigenvalue weighted by Gasteiger charge is 2.20. The Morgan fingerprint density at radius 3 is 2.74 bits per heavy atom. The number of nitrogens with one attached hydrogen (secondary N) is 2. The van der Waals surface area contributed by atoms with Crippen molar-refractivity contribution in [1.82, 2.24) is 15.6 Å². The molecule has 2 N–H and O–H groups in total. The van der Waals surface area contributed by atoms with Crippen LogP contribution in [0.5, 0.6) is 0 Å². The van der Waals surface area contributed by atoms with Crippen molar-refractivity contribution >= 4 is 35.0 Å². The molecule has 0 fully saturated rings. The van der Waals surface area contributed by atoms with Crippen LogP contribution in [-0.4, -0.2) is 48.6 Å². The number of esters is 1. The van der Waals surface area contributed by atoms with Gasteiger partial charge in [-0.1, -0.05) is 6.92 Å². The molecule has 1 heterocycles. The summed E-state index contributed by atoms with van der Waals surface area (Å²) in [6, 6.07) is -0.0438. The molecule has 0 aliphatic rings. The first-order valence-corrected chi connectivity index (χ1v) is 9.67. The van der Waals surface area contributed by atoms with Gasteiger partial charge < -0.3 is 15.4 Å². The molecule has 0 aromatic carbocycles. The number of hydrogen-bond acceptors (Lipinski definition) is 6. The molecule has 0 radical (unpaired) electrons. The lowest BCUT2D eigenvalue weighted by Gasteiger charge is -2.17. The SMILES string of the molecule is CCOC(=O)c1sc(C(C)NC(=NC)NCC(C)SC)nc1C. The highest BCUT2D eigenvalue weighted by molar-refractivity contribution is 7.99. The molecule has 0 amide bonds. The maximum atomic E-state index is 11.9. The lowest BCUT2D eigenvalue weighted by molar-refractivity contribution is 0.0531. The van der Waals surface area contributed by atoms with E-state index in [1.54, 1.807) is 25.7 Å². The van der Waals surface area contributed by atoms with Crippen molar-refractivity contribution in [3.63, 3.8) is 0 Å². The fourth-order valence-electron chi connectivity index (χ4n) is 1.77. The third-order valence-corrected chi connectivity index (χ3v) is 5.47. The van der Waals surface area contributed by atoms with Gasteiger partial charge in [0.25, 0.3) is 0 Å². The van der Waals surface area contributed by atoms with Gasteiger partial charge in [0.1, 0.15) is 9.88 Å². The van der Waals surface area contributed by atoms with Gasteiger partial charge in [-0.25, -0.2) is 9.78 Å². The predicted molar refractivity (Wildman–Crippen MR) is 98.7 cm³/mol. The van der Waals surface area contributed by atoms with Gasteiger partial charge in [-0.05, 0) is 27.0 Å². The van der Waals surface area contributed by atoms with Gasteiger partial charge >= 0.3 is 5.97 Å². The zero-order valence-corrected chi connectivity index (χ0v) is 16.2. The summed E-state index contributed by atoms with van der Waals surface area (Å²) in [4.78, 5) is 21.1. The summed E-state index contributed by atoms with van der Waals surface area (Å²) in [5, 5.41) is 7.93. The summed E-state index contributed by atoms with van der Waals surface area (Å²) >= 11 is 3.16. The minimum Gasteiger partial charge on any atom is -0.462 e. The van der Waals surface area contributed by atoms with E-state index in [0.29, 0.717) is 22.4 Å². The van der Waals surface area contributed by atoms with E-state index in [2.05, 4.69) is 33.8 Å². The second-order valence-electron chi connectivity index (χ2n) is 5.05. The van der Waals surface area contributed by atoms with Crippen LogP contribution in [0.25, 0.3) is 0 Å². The van der Waals surface area contributed by atoms with Gasteiger partial charge in [-0.3, -0.25) is 4.99 Å². The van der Waals surface area contributed by atoms with Crippen LogP contribution < -0.4 is 10.6 Å². The molecule has 1 aromatic rings. The Balaban J connectivity index is 2.71. The summed E-state index contributed by atoms with van der Waals surface area (Å²) in [6.45, 7) is 8.97. The van der Waals surface area contributed by atoms with Crippen molar-refractivity contribution in [3.05, 3.63) is 15.6 Å². The molecular weight excluding hydrogens is 332 g/mol. The average Bonchev–Trinajstić information content (AvgIpc) is 2.93. The molecule has 0 bridgehead atoms. The lowest BCUT2D eigenvalue weighted by atomic mass is 10.3. The molecule has 0 spiro atoms. The Morgan fingerprint density at radius 1 is 1.48 bits per heavy atom. The van der Waals surface area contributed by atoms with Gasteiger partial charge in [-0.2, -0.15) is 11.8 Å². The number of carbonyl (C=O) groups excluding carboxylic acids is 1. The highest BCUT2D eigenvalue weighted by Crippen LogP contribution is 2.24. The quantitative estimate of drug-likeness (QED) is 0.443. The van der Waals surface area contributed by atoms with E-state index in [0.717, 1.165) is 17.5 Å². The number of hydrogen-bond donors (Lipinski definition) is 2. The van der Waals surface area contributed by atoms with Crippen molar-refractivity contribution in [3.8, 4) is 0 Å². The van der Waals surface area contributed by atoms with Crippen molar-refractivity contribution in [2.75, 3.05) is 26.5 Å². The molecule has 0 saturated carbocycles. The maximum absolute atomic E-state index is 11.9. The van der Waals surface area contributed by atoms with Crippen molar-refractivity contribution < 1.29 is 9.53 Å². The number of rotatable bonds is 7. The van der Waals surface area contributed by atoms with Crippen molar-refractivity contribution in [1.29, 1.82) is 0 Å². The van der Waals surface area contributed by atoms with E-state index in [1.807, 2.05) is 13.8 Å². The molecule has 8 heteroatoms. The zero-order chi connectivity index (χ0) is 17.4. The minimum absolute atomic E-state index is 0.0438. The van der Waals surface area contributed by atoms with E-state index in [1.165, 1.54) is 11.3 Å². The largest absolute Gasteiger partial charge is 0.462 e. The minimum atomic E-state index is -0.308. The van der Waals surface area contributed by atoms with Crippen LogP contribution in [0.4, 0.5) is 0 Å². The number of thiazole rings is 1. The highest BCUT2D eigenvalue weighted by atomic mass is 32.2. The molecule has 0 saturated heterocycles. The van der Waals surface area contributed by atoms with Crippen LogP contribution in [-0.2, 0) is 4.74 Å². The topological polar surface area (TPSA) is 75.6 Å². The van der Waals surface area contributed by atoms with Crippen LogP contribution in [0.1, 0.15) is 47.2 Å². The first kappa shape index (κ1) is 19.8. The molecule has 0 aliphatic carbocycles. The van der Waals surface area contributed by atoms with E-state index in [9.17, 15) is 4.79 Å². The van der Waals surface area contributed by atoms with Crippen molar-refractivity contribution in [2.45, 2.75) is 39.0 Å². The summed E-state index contributed by atoms with van der Waals surface area (Å²) in [6.07, 6.45) is 2.08. The van der Waals surface area contributed by atoms with Gasteiger partial charge in [0, 0.05) is 18.8 Å². The van der Waals surface area contributed by atoms with Crippen LogP contribution >= 0.6 is 23.1 Å². The second-order valence-corrected chi connectivity index (χ2v) is 7.36. The molecular formula is C15H26N4O2S2. The zero-order valence-electron chi connectivity index (χ0n) is 14.6. The van der Waals surface area contributed by atoms with Crippen LogP contribution in [0.3, 0.4) is 0 Å². The standard InChI is InChI=1S/C15H26N4O2S2/c1-7-21-14(20)12-10(3)18-13(23-12)11(4)19-15(16-5)17-8-9(2)22-6/h9,11H,7-8H2,1-6H3,(H2,16,17,19). The first-order valence-electron chi connectivity index (χ1n) is 7.57. The fraction of sp³-hybridized carbons (Fsp3) is 0.667. The van der Waals surface area contributed by atoms with E-state index < -0.39 is 0 Å². The summed E-state index contributed by atoms with van der Waals surface area (Å²) in [5.41, 5.74) is 0.705. The van der Waals surface area contributed by atoms with E-state index in [-0.39, 0.29) is 12.0 Å². The molecule has 1 rings (SSSR count). The molecule has 6 nitrogen and oxygen atoms in total. The summed E-state index contributed by atoms with van der Waals surface area (Å²) in [7, 11) is 1.74. The fourth-order valence-corrected chi connectivity index (χ4v) is 2.99. The Kier molecular flexibility index (Phi) is 8.40. The van der Waals surface area contributed by atoms with E-state index >= 15 is 0 Å². The number of aryl methyl sites for hydroxylation is 1. The van der Waals surface area contributed by atoms with E-state index in [4.69, 9.17) is 4.74 Å². The molecule has 2 atom stereocenters. The monoisotopic (exact) mass is 358 g/mol. The lowest BCUT2D eigenvalue weighted by Crippen LogP contribution is -2.41. The third-order valence-electron chi connectivity index (χ3n) is 3.18. The molecule has 130 valence electrons. The van der Waals surface area contributed by atoms with Crippen LogP contribution in [0.15, 0.2) is 4.99 Å². The number of aliphatic imine (C=N–C) groups is 1. The van der Waals surface area contributed by atoms with Gasteiger partial charge in [0.2, 0.25) is 0 Å². The molecule has 1 aromatic heterocycles. The number of guanidine groups is 1. The van der Waals surface area contributed by atoms with Crippen LogP contribution in [0.2, 0.25) is 0 Å². The van der Waals surface area contributed by atoms with Crippen LogP contribution in [0, 0.1) is 6.92 Å². The van der Waals surface area contributed by atoms with Gasteiger partial charge in [0.15, 0.2) is 5.96 Å². The Morgan fingerprint density at radius 2 is 2.17 bits per heavy atom. The molecule has 23 heavy (non-hydrogen) atoms. The number of aromatic nitrogens is 1. The Hall–Kier alpha value is -1.28.